The molecule has 1 fully saturated rings. The molecule has 1 saturated heterocycles. The zero-order valence-corrected chi connectivity index (χ0v) is 15.5. The SMILES string of the molecule is CC(C)(C)OC(=O)N1CCCCCN(C(=O)OC(C)(C)C)CC1. The second-order valence-electron chi connectivity index (χ2n) is 8.00. The van der Waals surface area contributed by atoms with Crippen LogP contribution < -0.4 is 0 Å². The minimum absolute atomic E-state index is 0.316. The fraction of sp³-hybridized carbons (Fsp3) is 0.882. The van der Waals surface area contributed by atoms with Gasteiger partial charge in [0.15, 0.2) is 0 Å². The van der Waals surface area contributed by atoms with Crippen LogP contribution in [0.25, 0.3) is 0 Å². The number of nitrogens with zero attached hydrogens (tertiary/aromatic N) is 2. The average Bonchev–Trinajstić information content (AvgIpc) is 2.45. The summed E-state index contributed by atoms with van der Waals surface area (Å²) in [5.74, 6) is 0. The molecule has 0 aromatic carbocycles. The zero-order valence-electron chi connectivity index (χ0n) is 15.5. The highest BCUT2D eigenvalue weighted by Gasteiger charge is 2.26. The van der Waals surface area contributed by atoms with E-state index in [9.17, 15) is 9.59 Å². The molecule has 1 aliphatic heterocycles. The topological polar surface area (TPSA) is 59.1 Å². The Bertz CT molecular complexity index is 372. The van der Waals surface area contributed by atoms with Crippen LogP contribution in [-0.4, -0.2) is 59.4 Å². The molecule has 0 unspecified atom stereocenters. The number of carbonyl (C=O) groups excluding carboxylic acids is 2. The molecule has 0 atom stereocenters. The summed E-state index contributed by atoms with van der Waals surface area (Å²) in [6, 6.07) is 0. The van der Waals surface area contributed by atoms with Crippen molar-refractivity contribution >= 4 is 12.2 Å². The monoisotopic (exact) mass is 328 g/mol. The second kappa shape index (κ2) is 7.88. The first-order chi connectivity index (χ1) is 10.5. The molecular weight excluding hydrogens is 296 g/mol. The van der Waals surface area contributed by atoms with Crippen molar-refractivity contribution in [1.82, 2.24) is 9.80 Å². The first-order valence-corrected chi connectivity index (χ1v) is 8.44. The molecule has 0 aliphatic carbocycles. The Kier molecular flexibility index (Phi) is 6.71. The standard InChI is InChI=1S/C17H32N2O4/c1-16(2,3)22-14(20)18-10-8-7-9-11-19(13-12-18)15(21)23-17(4,5)6/h7-13H2,1-6H3. The molecule has 1 aliphatic rings. The molecule has 6 heteroatoms. The Hall–Kier alpha value is -1.46. The molecule has 0 N–H and O–H groups in total. The van der Waals surface area contributed by atoms with Crippen LogP contribution in [0.1, 0.15) is 60.8 Å². The van der Waals surface area contributed by atoms with E-state index in [0.29, 0.717) is 26.2 Å². The highest BCUT2D eigenvalue weighted by molar-refractivity contribution is 5.69. The van der Waals surface area contributed by atoms with Crippen molar-refractivity contribution in [3.8, 4) is 0 Å². The fourth-order valence-electron chi connectivity index (χ4n) is 2.27. The van der Waals surface area contributed by atoms with Gasteiger partial charge in [-0.05, 0) is 60.8 Å². The van der Waals surface area contributed by atoms with E-state index in [2.05, 4.69) is 0 Å². The molecule has 0 bridgehead atoms. The summed E-state index contributed by atoms with van der Waals surface area (Å²) in [4.78, 5) is 27.9. The predicted molar refractivity (Wildman–Crippen MR) is 89.5 cm³/mol. The van der Waals surface area contributed by atoms with E-state index in [0.717, 1.165) is 19.3 Å². The third-order valence-corrected chi connectivity index (χ3v) is 3.30. The van der Waals surface area contributed by atoms with Gasteiger partial charge >= 0.3 is 12.2 Å². The van der Waals surface area contributed by atoms with Crippen LogP contribution in [-0.2, 0) is 9.47 Å². The second-order valence-corrected chi connectivity index (χ2v) is 8.00. The third-order valence-electron chi connectivity index (χ3n) is 3.30. The van der Waals surface area contributed by atoms with E-state index in [1.807, 2.05) is 41.5 Å². The van der Waals surface area contributed by atoms with Gasteiger partial charge in [-0.25, -0.2) is 9.59 Å². The molecule has 1 heterocycles. The number of rotatable bonds is 0. The minimum atomic E-state index is -0.514. The Morgan fingerprint density at radius 1 is 0.652 bits per heavy atom. The Morgan fingerprint density at radius 3 is 1.30 bits per heavy atom. The first-order valence-electron chi connectivity index (χ1n) is 8.44. The molecule has 134 valence electrons. The molecule has 2 amide bonds. The molecule has 0 aromatic heterocycles. The van der Waals surface area contributed by atoms with Crippen molar-refractivity contribution in [2.75, 3.05) is 26.2 Å². The van der Waals surface area contributed by atoms with Crippen LogP contribution in [0.5, 0.6) is 0 Å². The Morgan fingerprint density at radius 2 is 1.00 bits per heavy atom. The lowest BCUT2D eigenvalue weighted by Crippen LogP contribution is -2.44. The van der Waals surface area contributed by atoms with Gasteiger partial charge in [0, 0.05) is 26.2 Å². The lowest BCUT2D eigenvalue weighted by atomic mass is 10.2. The van der Waals surface area contributed by atoms with Crippen molar-refractivity contribution in [2.24, 2.45) is 0 Å². The van der Waals surface area contributed by atoms with Crippen molar-refractivity contribution in [3.05, 3.63) is 0 Å². The van der Waals surface area contributed by atoms with Gasteiger partial charge in [-0.3, -0.25) is 0 Å². The van der Waals surface area contributed by atoms with Crippen LogP contribution in [0.15, 0.2) is 0 Å². The summed E-state index contributed by atoms with van der Waals surface area (Å²) < 4.78 is 10.9. The summed E-state index contributed by atoms with van der Waals surface area (Å²) >= 11 is 0. The van der Waals surface area contributed by atoms with Crippen LogP contribution in [0, 0.1) is 0 Å². The summed E-state index contributed by atoms with van der Waals surface area (Å²) in [6.45, 7) is 13.4. The minimum Gasteiger partial charge on any atom is -0.444 e. The first kappa shape index (κ1) is 19.6. The number of carbonyl (C=O) groups is 2. The van der Waals surface area contributed by atoms with E-state index >= 15 is 0 Å². The van der Waals surface area contributed by atoms with E-state index in [-0.39, 0.29) is 12.2 Å². The summed E-state index contributed by atoms with van der Waals surface area (Å²) in [6.07, 6.45) is 2.17. The maximum Gasteiger partial charge on any atom is 0.410 e. The smallest absolute Gasteiger partial charge is 0.410 e. The molecule has 0 spiro atoms. The Labute approximate surface area is 140 Å². The Balaban J connectivity index is 2.67. The maximum absolute atomic E-state index is 12.3. The van der Waals surface area contributed by atoms with Gasteiger partial charge in [0.05, 0.1) is 0 Å². The molecule has 0 aromatic rings. The van der Waals surface area contributed by atoms with Gasteiger partial charge in [-0.1, -0.05) is 0 Å². The predicted octanol–water partition coefficient (Wildman–Crippen LogP) is 3.64. The van der Waals surface area contributed by atoms with Gasteiger partial charge in [0.25, 0.3) is 0 Å². The van der Waals surface area contributed by atoms with E-state index < -0.39 is 11.2 Å². The molecule has 1 rings (SSSR count). The highest BCUT2D eigenvalue weighted by atomic mass is 16.6. The largest absolute Gasteiger partial charge is 0.444 e. The summed E-state index contributed by atoms with van der Waals surface area (Å²) in [5, 5.41) is 0. The van der Waals surface area contributed by atoms with Crippen molar-refractivity contribution in [2.45, 2.75) is 72.0 Å². The molecule has 0 saturated carbocycles. The van der Waals surface area contributed by atoms with Crippen molar-refractivity contribution in [1.29, 1.82) is 0 Å². The molecule has 23 heavy (non-hydrogen) atoms. The fourth-order valence-corrected chi connectivity index (χ4v) is 2.27. The highest BCUT2D eigenvalue weighted by Crippen LogP contribution is 2.15. The number of ether oxygens (including phenoxy) is 2. The van der Waals surface area contributed by atoms with Crippen LogP contribution in [0.3, 0.4) is 0 Å². The van der Waals surface area contributed by atoms with Gasteiger partial charge in [0.2, 0.25) is 0 Å². The molecule has 0 radical (unpaired) electrons. The number of hydrogen-bond donors (Lipinski definition) is 0. The van der Waals surface area contributed by atoms with Crippen molar-refractivity contribution in [3.63, 3.8) is 0 Å². The average molecular weight is 328 g/mol. The van der Waals surface area contributed by atoms with Gasteiger partial charge in [-0.2, -0.15) is 0 Å². The lowest BCUT2D eigenvalue weighted by molar-refractivity contribution is 0.0148. The van der Waals surface area contributed by atoms with E-state index in [4.69, 9.17) is 9.47 Å². The number of hydrogen-bond acceptors (Lipinski definition) is 4. The van der Waals surface area contributed by atoms with Crippen LogP contribution >= 0.6 is 0 Å². The van der Waals surface area contributed by atoms with Crippen molar-refractivity contribution < 1.29 is 19.1 Å². The number of amides is 2. The third kappa shape index (κ3) is 8.09. The van der Waals surface area contributed by atoms with E-state index in [1.54, 1.807) is 9.80 Å². The quantitative estimate of drug-likeness (QED) is 0.681. The van der Waals surface area contributed by atoms with E-state index in [1.165, 1.54) is 0 Å². The summed E-state index contributed by atoms with van der Waals surface area (Å²) in [5.41, 5.74) is -1.03. The van der Waals surface area contributed by atoms with Crippen LogP contribution in [0.4, 0.5) is 9.59 Å². The normalized spacial score (nSPS) is 17.8. The molecule has 6 nitrogen and oxygen atoms in total. The maximum atomic E-state index is 12.3. The zero-order chi connectivity index (χ0) is 17.7. The van der Waals surface area contributed by atoms with Gasteiger partial charge < -0.3 is 19.3 Å². The summed E-state index contributed by atoms with van der Waals surface area (Å²) in [7, 11) is 0. The lowest BCUT2D eigenvalue weighted by Gasteiger charge is -2.30. The van der Waals surface area contributed by atoms with Gasteiger partial charge in [-0.15, -0.1) is 0 Å². The molecular formula is C17H32N2O4. The van der Waals surface area contributed by atoms with Crippen LogP contribution in [0.2, 0.25) is 0 Å². The van der Waals surface area contributed by atoms with Gasteiger partial charge in [0.1, 0.15) is 11.2 Å².